The number of ketones is 1. The molecule has 0 heterocycles. The monoisotopic (exact) mass is 205 g/mol. The summed E-state index contributed by atoms with van der Waals surface area (Å²) in [5.41, 5.74) is 1.86. The summed E-state index contributed by atoms with van der Waals surface area (Å²) in [4.78, 5) is 11.9. The lowest BCUT2D eigenvalue weighted by molar-refractivity contribution is -0.123. The minimum atomic E-state index is -0.440. The van der Waals surface area contributed by atoms with Gasteiger partial charge in [0.2, 0.25) is 0 Å². The summed E-state index contributed by atoms with van der Waals surface area (Å²) in [5.74, 6) is 0.217. The van der Waals surface area contributed by atoms with E-state index < -0.39 is 5.54 Å². The van der Waals surface area contributed by atoms with E-state index in [1.54, 1.807) is 0 Å². The van der Waals surface area contributed by atoms with Crippen LogP contribution in [0.1, 0.15) is 25.0 Å². The van der Waals surface area contributed by atoms with Crippen LogP contribution in [0.5, 0.6) is 0 Å². The normalized spacial score (nSPS) is 11.5. The molecule has 0 radical (unpaired) electrons. The van der Waals surface area contributed by atoms with Crippen LogP contribution in [0.4, 0.5) is 0 Å². The molecule has 0 amide bonds. The minimum absolute atomic E-state index is 0.217. The number of Topliss-reactive ketones (excluding diaryl/α,β-unsaturated/α-hetero) is 1. The molecule has 0 aliphatic heterocycles. The van der Waals surface area contributed by atoms with Gasteiger partial charge in [-0.25, -0.2) is 0 Å². The predicted molar refractivity (Wildman–Crippen MR) is 63.0 cm³/mol. The summed E-state index contributed by atoms with van der Waals surface area (Å²) in [6.07, 6.45) is 0.494. The third-order valence-electron chi connectivity index (χ3n) is 2.81. The molecule has 2 nitrogen and oxygen atoms in total. The molecule has 0 aliphatic rings. The molecular weight excluding hydrogens is 186 g/mol. The molecule has 0 atom stereocenters. The molecule has 0 fully saturated rings. The number of carbonyl (C=O) groups excluding carboxylic acids is 1. The number of carbonyl (C=O) groups is 1. The number of nitrogens with one attached hydrogen (secondary N) is 1. The molecule has 1 N–H and O–H groups in total. The molecule has 0 aromatic heterocycles. The zero-order chi connectivity index (χ0) is 11.5. The minimum Gasteiger partial charge on any atom is -0.308 e. The van der Waals surface area contributed by atoms with Gasteiger partial charge in [0.05, 0.1) is 5.54 Å². The Hall–Kier alpha value is -1.15. The maximum absolute atomic E-state index is 11.9. The highest BCUT2D eigenvalue weighted by atomic mass is 16.1. The van der Waals surface area contributed by atoms with E-state index in [9.17, 15) is 4.79 Å². The lowest BCUT2D eigenvalue weighted by Crippen LogP contribution is -2.45. The van der Waals surface area contributed by atoms with Crippen molar-refractivity contribution in [2.45, 2.75) is 32.7 Å². The average Bonchev–Trinajstić information content (AvgIpc) is 2.21. The molecule has 1 rings (SSSR count). The van der Waals surface area contributed by atoms with Crippen molar-refractivity contribution in [2.24, 2.45) is 0 Å². The summed E-state index contributed by atoms with van der Waals surface area (Å²) in [6.45, 7) is 5.86. The Kier molecular flexibility index (Phi) is 3.64. The van der Waals surface area contributed by atoms with Crippen molar-refractivity contribution in [2.75, 3.05) is 7.05 Å². The zero-order valence-electron chi connectivity index (χ0n) is 9.92. The van der Waals surface area contributed by atoms with E-state index in [0.29, 0.717) is 6.42 Å². The fourth-order valence-electron chi connectivity index (χ4n) is 1.25. The molecular formula is C13H19NO. The maximum Gasteiger partial charge on any atom is 0.156 e. The van der Waals surface area contributed by atoms with Crippen molar-refractivity contribution in [3.63, 3.8) is 0 Å². The standard InChI is InChI=1S/C13H19NO/c1-10-5-7-11(8-6-10)9-12(15)13(2,3)14-4/h5-8,14H,9H2,1-4H3. The van der Waals surface area contributed by atoms with Crippen LogP contribution in [-0.4, -0.2) is 18.4 Å². The van der Waals surface area contributed by atoms with Crippen LogP contribution in [0, 0.1) is 6.92 Å². The first-order valence-corrected chi connectivity index (χ1v) is 5.23. The van der Waals surface area contributed by atoms with Crippen LogP contribution in [0.3, 0.4) is 0 Å². The molecule has 1 aromatic rings. The van der Waals surface area contributed by atoms with Crippen molar-refractivity contribution in [1.29, 1.82) is 0 Å². The molecule has 0 aliphatic carbocycles. The Morgan fingerprint density at radius 2 is 1.80 bits per heavy atom. The fourth-order valence-corrected chi connectivity index (χ4v) is 1.25. The number of likely N-dealkylation sites (N-methyl/N-ethyl adjacent to an activating group) is 1. The predicted octanol–water partition coefficient (Wildman–Crippen LogP) is 2.10. The quantitative estimate of drug-likeness (QED) is 0.815. The van der Waals surface area contributed by atoms with Crippen molar-refractivity contribution < 1.29 is 4.79 Å². The molecule has 0 saturated carbocycles. The van der Waals surface area contributed by atoms with Gasteiger partial charge in [0.1, 0.15) is 0 Å². The highest BCUT2D eigenvalue weighted by Gasteiger charge is 2.24. The smallest absolute Gasteiger partial charge is 0.156 e. The number of benzene rings is 1. The summed E-state index contributed by atoms with van der Waals surface area (Å²) in [5, 5.41) is 3.02. The molecule has 0 spiro atoms. The summed E-state index contributed by atoms with van der Waals surface area (Å²) >= 11 is 0. The van der Waals surface area contributed by atoms with Crippen molar-refractivity contribution in [3.05, 3.63) is 35.4 Å². The number of rotatable bonds is 4. The highest BCUT2D eigenvalue weighted by Crippen LogP contribution is 2.10. The molecule has 0 saturated heterocycles. The first-order chi connectivity index (χ1) is 6.95. The molecule has 0 unspecified atom stereocenters. The number of aryl methyl sites for hydroxylation is 1. The van der Waals surface area contributed by atoms with Gasteiger partial charge in [-0.3, -0.25) is 4.79 Å². The van der Waals surface area contributed by atoms with Gasteiger partial charge in [0.15, 0.2) is 5.78 Å². The lowest BCUT2D eigenvalue weighted by atomic mass is 9.93. The van der Waals surface area contributed by atoms with E-state index in [1.807, 2.05) is 52.1 Å². The largest absolute Gasteiger partial charge is 0.308 e. The van der Waals surface area contributed by atoms with Crippen molar-refractivity contribution >= 4 is 5.78 Å². The summed E-state index contributed by atoms with van der Waals surface area (Å²) < 4.78 is 0. The van der Waals surface area contributed by atoms with Crippen LogP contribution in [0.15, 0.2) is 24.3 Å². The third kappa shape index (κ3) is 3.17. The van der Waals surface area contributed by atoms with E-state index in [0.717, 1.165) is 5.56 Å². The highest BCUT2D eigenvalue weighted by molar-refractivity contribution is 5.89. The second-order valence-electron chi connectivity index (χ2n) is 4.46. The van der Waals surface area contributed by atoms with Crippen LogP contribution >= 0.6 is 0 Å². The van der Waals surface area contributed by atoms with Crippen LogP contribution in [-0.2, 0) is 11.2 Å². The van der Waals surface area contributed by atoms with E-state index >= 15 is 0 Å². The van der Waals surface area contributed by atoms with E-state index in [2.05, 4.69) is 5.32 Å². The number of hydrogen-bond donors (Lipinski definition) is 1. The van der Waals surface area contributed by atoms with Gasteiger partial charge >= 0.3 is 0 Å². The molecule has 0 bridgehead atoms. The Balaban J connectivity index is 2.71. The summed E-state index contributed by atoms with van der Waals surface area (Å²) in [6, 6.07) is 8.10. The molecule has 82 valence electrons. The van der Waals surface area contributed by atoms with Gasteiger partial charge in [-0.15, -0.1) is 0 Å². The topological polar surface area (TPSA) is 29.1 Å². The number of hydrogen-bond acceptors (Lipinski definition) is 2. The fraction of sp³-hybridized carbons (Fsp3) is 0.462. The van der Waals surface area contributed by atoms with Crippen LogP contribution in [0.2, 0.25) is 0 Å². The lowest BCUT2D eigenvalue weighted by Gasteiger charge is -2.22. The van der Waals surface area contributed by atoms with Crippen LogP contribution in [0.25, 0.3) is 0 Å². The Labute approximate surface area is 91.7 Å². The van der Waals surface area contributed by atoms with Gasteiger partial charge in [0.25, 0.3) is 0 Å². The maximum atomic E-state index is 11.9. The van der Waals surface area contributed by atoms with Crippen LogP contribution < -0.4 is 5.32 Å². The van der Waals surface area contributed by atoms with Gasteiger partial charge < -0.3 is 5.32 Å². The summed E-state index contributed by atoms with van der Waals surface area (Å²) in [7, 11) is 1.81. The third-order valence-corrected chi connectivity index (χ3v) is 2.81. The van der Waals surface area contributed by atoms with Crippen molar-refractivity contribution in [3.8, 4) is 0 Å². The second kappa shape index (κ2) is 4.58. The molecule has 1 aromatic carbocycles. The van der Waals surface area contributed by atoms with E-state index in [4.69, 9.17) is 0 Å². The van der Waals surface area contributed by atoms with Gasteiger partial charge in [0, 0.05) is 6.42 Å². The van der Waals surface area contributed by atoms with Gasteiger partial charge in [-0.2, -0.15) is 0 Å². The average molecular weight is 205 g/mol. The van der Waals surface area contributed by atoms with Crippen molar-refractivity contribution in [1.82, 2.24) is 5.32 Å². The SMILES string of the molecule is CNC(C)(C)C(=O)Cc1ccc(C)cc1. The first-order valence-electron chi connectivity index (χ1n) is 5.23. The van der Waals surface area contributed by atoms with E-state index in [1.165, 1.54) is 5.56 Å². The first kappa shape index (κ1) is 11.9. The molecule has 15 heavy (non-hydrogen) atoms. The zero-order valence-corrected chi connectivity index (χ0v) is 9.92. The Morgan fingerprint density at radius 3 is 2.27 bits per heavy atom. The van der Waals surface area contributed by atoms with Gasteiger partial charge in [-0.05, 0) is 33.4 Å². The van der Waals surface area contributed by atoms with E-state index in [-0.39, 0.29) is 5.78 Å². The second-order valence-corrected chi connectivity index (χ2v) is 4.46. The Morgan fingerprint density at radius 1 is 1.27 bits per heavy atom. The Bertz CT molecular complexity index is 338. The van der Waals surface area contributed by atoms with Gasteiger partial charge in [-0.1, -0.05) is 29.8 Å². The molecule has 2 heteroatoms.